The number of nitrogens with one attached hydrogen (secondary N) is 1. The second kappa shape index (κ2) is 6.32. The molecule has 0 bridgehead atoms. The van der Waals surface area contributed by atoms with Crippen molar-refractivity contribution in [2.24, 2.45) is 5.73 Å². The molecule has 0 radical (unpaired) electrons. The molecule has 0 saturated heterocycles. The number of carbonyl (C=O) groups is 2. The fraction of sp³-hybridized carbons (Fsp3) is 0.273. The van der Waals surface area contributed by atoms with Crippen molar-refractivity contribution in [1.29, 1.82) is 0 Å². The number of benzene rings is 1. The van der Waals surface area contributed by atoms with Gasteiger partial charge >= 0.3 is 5.97 Å². The van der Waals surface area contributed by atoms with Crippen molar-refractivity contribution >= 4 is 29.2 Å². The molecular weight excluding hydrogens is 263 g/mol. The van der Waals surface area contributed by atoms with E-state index < -0.39 is 23.7 Å². The van der Waals surface area contributed by atoms with Crippen LogP contribution in [0.15, 0.2) is 18.2 Å². The molecule has 18 heavy (non-hydrogen) atoms. The van der Waals surface area contributed by atoms with Crippen LogP contribution in [0.25, 0.3) is 0 Å². The molecule has 1 aromatic carbocycles. The first-order chi connectivity index (χ1) is 8.40. The summed E-state index contributed by atoms with van der Waals surface area (Å²) >= 11 is 5.54. The fourth-order valence-electron chi connectivity index (χ4n) is 1.22. The summed E-state index contributed by atoms with van der Waals surface area (Å²) in [4.78, 5) is 21.9. The number of aliphatic carboxylic acids is 1. The minimum atomic E-state index is -1.02. The SMILES string of the molecule is NC(CCC(=O)O)C(=O)Nc1ccc(F)c(Cl)c1. The van der Waals surface area contributed by atoms with Crippen molar-refractivity contribution in [3.05, 3.63) is 29.0 Å². The van der Waals surface area contributed by atoms with Crippen molar-refractivity contribution in [3.63, 3.8) is 0 Å². The fourth-order valence-corrected chi connectivity index (χ4v) is 1.40. The van der Waals surface area contributed by atoms with E-state index in [1.54, 1.807) is 0 Å². The summed E-state index contributed by atoms with van der Waals surface area (Å²) in [6.07, 6.45) is -0.172. The van der Waals surface area contributed by atoms with E-state index in [4.69, 9.17) is 22.4 Å². The summed E-state index contributed by atoms with van der Waals surface area (Å²) in [5.41, 5.74) is 5.80. The number of carboxylic acids is 1. The molecule has 5 nitrogen and oxygen atoms in total. The number of amides is 1. The molecule has 0 aliphatic heterocycles. The molecule has 0 heterocycles. The van der Waals surface area contributed by atoms with Crippen molar-refractivity contribution in [3.8, 4) is 0 Å². The number of carboxylic acid groups (broad SMARTS) is 1. The van der Waals surface area contributed by atoms with Gasteiger partial charge in [0.15, 0.2) is 0 Å². The van der Waals surface area contributed by atoms with Gasteiger partial charge in [-0.15, -0.1) is 0 Å². The van der Waals surface area contributed by atoms with Gasteiger partial charge in [-0.25, -0.2) is 4.39 Å². The largest absolute Gasteiger partial charge is 0.481 e. The lowest BCUT2D eigenvalue weighted by molar-refractivity contribution is -0.137. The zero-order valence-electron chi connectivity index (χ0n) is 9.32. The van der Waals surface area contributed by atoms with Crippen LogP contribution in [0.5, 0.6) is 0 Å². The lowest BCUT2D eigenvalue weighted by Gasteiger charge is -2.11. The Morgan fingerprint density at radius 2 is 2.17 bits per heavy atom. The Morgan fingerprint density at radius 3 is 2.72 bits per heavy atom. The van der Waals surface area contributed by atoms with E-state index in [2.05, 4.69) is 5.32 Å². The second-order valence-corrected chi connectivity index (χ2v) is 4.06. The third-order valence-corrected chi connectivity index (χ3v) is 2.48. The molecule has 0 saturated carbocycles. The molecule has 0 aliphatic carbocycles. The molecule has 1 aromatic rings. The van der Waals surface area contributed by atoms with Gasteiger partial charge in [0.05, 0.1) is 11.1 Å². The van der Waals surface area contributed by atoms with Crippen molar-refractivity contribution < 1.29 is 19.1 Å². The van der Waals surface area contributed by atoms with Crippen LogP contribution in [-0.2, 0) is 9.59 Å². The van der Waals surface area contributed by atoms with Gasteiger partial charge in [-0.1, -0.05) is 11.6 Å². The van der Waals surface area contributed by atoms with E-state index >= 15 is 0 Å². The van der Waals surface area contributed by atoms with Crippen molar-refractivity contribution in [2.75, 3.05) is 5.32 Å². The van der Waals surface area contributed by atoms with Crippen LogP contribution in [0.4, 0.5) is 10.1 Å². The van der Waals surface area contributed by atoms with E-state index in [1.165, 1.54) is 12.1 Å². The maximum Gasteiger partial charge on any atom is 0.303 e. The average molecular weight is 275 g/mol. The maximum absolute atomic E-state index is 12.9. The summed E-state index contributed by atoms with van der Waals surface area (Å²) in [6.45, 7) is 0. The molecular formula is C11H12ClFN2O3. The van der Waals surface area contributed by atoms with Gasteiger partial charge < -0.3 is 16.2 Å². The summed E-state index contributed by atoms with van der Waals surface area (Å²) in [5.74, 6) is -2.16. The lowest BCUT2D eigenvalue weighted by Crippen LogP contribution is -2.36. The third-order valence-electron chi connectivity index (χ3n) is 2.19. The van der Waals surface area contributed by atoms with E-state index in [1.807, 2.05) is 0 Å². The second-order valence-electron chi connectivity index (χ2n) is 3.66. The number of rotatable bonds is 5. The lowest BCUT2D eigenvalue weighted by atomic mass is 10.1. The molecule has 1 amide bonds. The molecule has 98 valence electrons. The zero-order valence-corrected chi connectivity index (χ0v) is 10.1. The highest BCUT2D eigenvalue weighted by Gasteiger charge is 2.15. The average Bonchev–Trinajstić information content (AvgIpc) is 2.30. The Kier molecular flexibility index (Phi) is 5.06. The van der Waals surface area contributed by atoms with Gasteiger partial charge in [0.1, 0.15) is 5.82 Å². The van der Waals surface area contributed by atoms with Gasteiger partial charge in [-0.3, -0.25) is 9.59 Å². The monoisotopic (exact) mass is 274 g/mol. The van der Waals surface area contributed by atoms with Gasteiger partial charge in [0, 0.05) is 12.1 Å². The summed E-state index contributed by atoms with van der Waals surface area (Å²) < 4.78 is 12.9. The van der Waals surface area contributed by atoms with E-state index in [9.17, 15) is 14.0 Å². The van der Waals surface area contributed by atoms with Crippen LogP contribution in [0, 0.1) is 5.82 Å². The molecule has 1 unspecified atom stereocenters. The van der Waals surface area contributed by atoms with Crippen molar-refractivity contribution in [1.82, 2.24) is 0 Å². The normalized spacial score (nSPS) is 11.9. The molecule has 1 rings (SSSR count). The maximum atomic E-state index is 12.9. The minimum absolute atomic E-state index is 0.0239. The van der Waals surface area contributed by atoms with Gasteiger partial charge in [0.25, 0.3) is 0 Å². The predicted molar refractivity (Wildman–Crippen MR) is 64.9 cm³/mol. The molecule has 0 aromatic heterocycles. The number of nitrogens with two attached hydrogens (primary N) is 1. The van der Waals surface area contributed by atoms with E-state index in [0.29, 0.717) is 5.69 Å². The first-order valence-electron chi connectivity index (χ1n) is 5.13. The summed E-state index contributed by atoms with van der Waals surface area (Å²) in [5, 5.41) is 10.8. The first kappa shape index (κ1) is 14.4. The number of hydrogen-bond donors (Lipinski definition) is 3. The van der Waals surface area contributed by atoms with Gasteiger partial charge in [0.2, 0.25) is 5.91 Å². The number of halogens is 2. The van der Waals surface area contributed by atoms with Crippen LogP contribution < -0.4 is 11.1 Å². The summed E-state index contributed by atoms with van der Waals surface area (Å²) in [6, 6.07) is 2.76. The van der Waals surface area contributed by atoms with E-state index in [-0.39, 0.29) is 17.9 Å². The molecule has 1 atom stereocenters. The predicted octanol–water partition coefficient (Wildman–Crippen LogP) is 1.61. The number of carbonyl (C=O) groups excluding carboxylic acids is 1. The zero-order chi connectivity index (χ0) is 13.7. The third kappa shape index (κ3) is 4.31. The molecule has 7 heteroatoms. The van der Waals surface area contributed by atoms with E-state index in [0.717, 1.165) is 6.07 Å². The number of hydrogen-bond acceptors (Lipinski definition) is 3. The van der Waals surface area contributed by atoms with Crippen LogP contribution in [0.2, 0.25) is 5.02 Å². The first-order valence-corrected chi connectivity index (χ1v) is 5.51. The Bertz CT molecular complexity index is 468. The van der Waals surface area contributed by atoms with Crippen LogP contribution in [0.1, 0.15) is 12.8 Å². The van der Waals surface area contributed by atoms with Crippen molar-refractivity contribution in [2.45, 2.75) is 18.9 Å². The van der Waals surface area contributed by atoms with Crippen LogP contribution in [0.3, 0.4) is 0 Å². The smallest absolute Gasteiger partial charge is 0.303 e. The molecule has 4 N–H and O–H groups in total. The molecule has 0 aliphatic rings. The highest BCUT2D eigenvalue weighted by atomic mass is 35.5. The standard InChI is InChI=1S/C11H12ClFN2O3/c12-7-5-6(1-2-8(7)13)15-11(18)9(14)3-4-10(16)17/h1-2,5,9H,3-4,14H2,(H,15,18)(H,16,17). The highest BCUT2D eigenvalue weighted by Crippen LogP contribution is 2.19. The topological polar surface area (TPSA) is 92.4 Å². The Balaban J connectivity index is 2.58. The minimum Gasteiger partial charge on any atom is -0.481 e. The van der Waals surface area contributed by atoms with Gasteiger partial charge in [-0.05, 0) is 24.6 Å². The Morgan fingerprint density at radius 1 is 1.50 bits per heavy atom. The Hall–Kier alpha value is -1.66. The molecule has 0 fully saturated rings. The quantitative estimate of drug-likeness (QED) is 0.760. The van der Waals surface area contributed by atoms with Crippen LogP contribution >= 0.6 is 11.6 Å². The van der Waals surface area contributed by atoms with Gasteiger partial charge in [-0.2, -0.15) is 0 Å². The highest BCUT2D eigenvalue weighted by molar-refractivity contribution is 6.31. The van der Waals surface area contributed by atoms with Crippen LogP contribution in [-0.4, -0.2) is 23.0 Å². The summed E-state index contributed by atoms with van der Waals surface area (Å²) in [7, 11) is 0. The Labute approximate surface area is 108 Å². The number of anilines is 1. The molecule has 0 spiro atoms.